The van der Waals surface area contributed by atoms with Crippen molar-refractivity contribution in [1.29, 1.82) is 0 Å². The second-order valence-electron chi connectivity index (χ2n) is 4.17. The monoisotopic (exact) mass is 201 g/mol. The molecule has 4 nitrogen and oxygen atoms in total. The van der Waals surface area contributed by atoms with Crippen molar-refractivity contribution in [3.8, 4) is 0 Å². The van der Waals surface area contributed by atoms with Crippen LogP contribution in [-0.4, -0.2) is 35.9 Å². The molecule has 0 saturated heterocycles. The predicted molar refractivity (Wildman–Crippen MR) is 56.7 cm³/mol. The zero-order chi connectivity index (χ0) is 11.1. The Kier molecular flexibility index (Phi) is 6.79. The Bertz CT molecular complexity index is 164. The van der Waals surface area contributed by atoms with E-state index in [1.54, 1.807) is 6.92 Å². The third kappa shape index (κ3) is 6.13. The van der Waals surface area contributed by atoms with E-state index >= 15 is 0 Å². The SMILES string of the molecule is CC(C)CC(NCC(C)C=O)B(O)O. The molecule has 2 unspecified atom stereocenters. The van der Waals surface area contributed by atoms with Crippen LogP contribution in [-0.2, 0) is 4.79 Å². The fourth-order valence-corrected chi connectivity index (χ4v) is 1.20. The summed E-state index contributed by atoms with van der Waals surface area (Å²) in [5, 5.41) is 21.1. The summed E-state index contributed by atoms with van der Waals surface area (Å²) in [5.41, 5.74) is 0. The van der Waals surface area contributed by atoms with E-state index in [9.17, 15) is 4.79 Å². The minimum absolute atomic E-state index is 0.0941. The average Bonchev–Trinajstić information content (AvgIpc) is 2.10. The van der Waals surface area contributed by atoms with Crippen molar-refractivity contribution in [2.75, 3.05) is 6.54 Å². The molecule has 2 atom stereocenters. The van der Waals surface area contributed by atoms with Gasteiger partial charge in [-0.1, -0.05) is 20.8 Å². The highest BCUT2D eigenvalue weighted by Gasteiger charge is 2.23. The molecule has 0 bridgehead atoms. The maximum Gasteiger partial charge on any atom is 0.469 e. The smallest absolute Gasteiger partial charge is 0.426 e. The van der Waals surface area contributed by atoms with E-state index in [0.29, 0.717) is 18.9 Å². The number of rotatable bonds is 7. The van der Waals surface area contributed by atoms with Crippen LogP contribution in [0.15, 0.2) is 0 Å². The van der Waals surface area contributed by atoms with Gasteiger partial charge in [0.1, 0.15) is 6.29 Å². The molecule has 0 aliphatic heterocycles. The summed E-state index contributed by atoms with van der Waals surface area (Å²) < 4.78 is 0. The van der Waals surface area contributed by atoms with Crippen LogP contribution >= 0.6 is 0 Å². The molecule has 0 aromatic carbocycles. The van der Waals surface area contributed by atoms with Crippen molar-refractivity contribution in [1.82, 2.24) is 5.32 Å². The van der Waals surface area contributed by atoms with Gasteiger partial charge in [0, 0.05) is 18.4 Å². The lowest BCUT2D eigenvalue weighted by molar-refractivity contribution is -0.110. The van der Waals surface area contributed by atoms with Gasteiger partial charge in [0.05, 0.1) is 0 Å². The van der Waals surface area contributed by atoms with Crippen LogP contribution in [0.1, 0.15) is 27.2 Å². The molecule has 0 aliphatic carbocycles. The Labute approximate surface area is 85.9 Å². The van der Waals surface area contributed by atoms with Crippen LogP contribution in [0, 0.1) is 11.8 Å². The van der Waals surface area contributed by atoms with Crippen LogP contribution in [0.3, 0.4) is 0 Å². The molecule has 0 radical (unpaired) electrons. The number of hydrogen-bond acceptors (Lipinski definition) is 4. The van der Waals surface area contributed by atoms with Gasteiger partial charge < -0.3 is 20.2 Å². The summed E-state index contributed by atoms with van der Waals surface area (Å²) in [7, 11) is -1.36. The van der Waals surface area contributed by atoms with E-state index in [-0.39, 0.29) is 11.9 Å². The molecule has 0 spiro atoms. The summed E-state index contributed by atoms with van der Waals surface area (Å²) in [6.45, 7) is 6.30. The maximum absolute atomic E-state index is 10.3. The molecular weight excluding hydrogens is 181 g/mol. The van der Waals surface area contributed by atoms with Gasteiger partial charge in [-0.2, -0.15) is 0 Å². The lowest BCUT2D eigenvalue weighted by Gasteiger charge is -2.20. The Morgan fingerprint density at radius 2 is 1.93 bits per heavy atom. The lowest BCUT2D eigenvalue weighted by atomic mass is 9.75. The van der Waals surface area contributed by atoms with E-state index in [2.05, 4.69) is 5.32 Å². The zero-order valence-electron chi connectivity index (χ0n) is 9.10. The van der Waals surface area contributed by atoms with E-state index in [0.717, 1.165) is 6.29 Å². The predicted octanol–water partition coefficient (Wildman–Crippen LogP) is -0.162. The highest BCUT2D eigenvalue weighted by Crippen LogP contribution is 2.05. The minimum atomic E-state index is -1.36. The number of carbonyl (C=O) groups is 1. The normalized spacial score (nSPS) is 15.3. The molecule has 0 amide bonds. The second kappa shape index (κ2) is 6.98. The molecule has 0 aromatic heterocycles. The summed E-state index contributed by atoms with van der Waals surface area (Å²) in [6, 6.07) is 0. The third-order valence-electron chi connectivity index (χ3n) is 2.02. The lowest BCUT2D eigenvalue weighted by Crippen LogP contribution is -2.46. The van der Waals surface area contributed by atoms with Gasteiger partial charge in [-0.3, -0.25) is 0 Å². The highest BCUT2D eigenvalue weighted by atomic mass is 16.4. The van der Waals surface area contributed by atoms with E-state index in [1.807, 2.05) is 13.8 Å². The first kappa shape index (κ1) is 13.6. The van der Waals surface area contributed by atoms with Crippen molar-refractivity contribution >= 4 is 13.4 Å². The number of carbonyl (C=O) groups excluding carboxylic acids is 1. The fraction of sp³-hybridized carbons (Fsp3) is 0.889. The quantitative estimate of drug-likeness (QED) is 0.395. The molecule has 0 aromatic rings. The third-order valence-corrected chi connectivity index (χ3v) is 2.02. The van der Waals surface area contributed by atoms with Crippen LogP contribution < -0.4 is 5.32 Å². The van der Waals surface area contributed by atoms with Gasteiger partial charge in [0.25, 0.3) is 0 Å². The molecule has 0 saturated carbocycles. The first-order chi connectivity index (χ1) is 6.47. The number of aldehydes is 1. The minimum Gasteiger partial charge on any atom is -0.426 e. The van der Waals surface area contributed by atoms with Crippen LogP contribution in [0.25, 0.3) is 0 Å². The van der Waals surface area contributed by atoms with Gasteiger partial charge >= 0.3 is 7.12 Å². The van der Waals surface area contributed by atoms with Gasteiger partial charge in [0.15, 0.2) is 0 Å². The summed E-state index contributed by atoms with van der Waals surface area (Å²) in [6.07, 6.45) is 1.53. The molecule has 3 N–H and O–H groups in total. The molecule has 14 heavy (non-hydrogen) atoms. The fourth-order valence-electron chi connectivity index (χ4n) is 1.20. The summed E-state index contributed by atoms with van der Waals surface area (Å²) >= 11 is 0. The van der Waals surface area contributed by atoms with Gasteiger partial charge in [-0.25, -0.2) is 0 Å². The van der Waals surface area contributed by atoms with Crippen molar-refractivity contribution in [3.63, 3.8) is 0 Å². The zero-order valence-corrected chi connectivity index (χ0v) is 9.10. The average molecular weight is 201 g/mol. The topological polar surface area (TPSA) is 69.6 Å². The molecule has 0 aliphatic rings. The van der Waals surface area contributed by atoms with Crippen molar-refractivity contribution in [2.45, 2.75) is 33.1 Å². The molecule has 0 heterocycles. The van der Waals surface area contributed by atoms with Crippen molar-refractivity contribution in [3.05, 3.63) is 0 Å². The molecule has 82 valence electrons. The van der Waals surface area contributed by atoms with E-state index < -0.39 is 7.12 Å². The number of nitrogens with one attached hydrogen (secondary N) is 1. The summed E-state index contributed by atoms with van der Waals surface area (Å²) in [4.78, 5) is 10.3. The van der Waals surface area contributed by atoms with Gasteiger partial charge in [-0.15, -0.1) is 0 Å². The first-order valence-corrected chi connectivity index (χ1v) is 5.02. The molecule has 0 rings (SSSR count). The maximum atomic E-state index is 10.3. The first-order valence-electron chi connectivity index (χ1n) is 5.02. The van der Waals surface area contributed by atoms with Crippen LogP contribution in [0.4, 0.5) is 0 Å². The van der Waals surface area contributed by atoms with Crippen LogP contribution in [0.2, 0.25) is 0 Å². The van der Waals surface area contributed by atoms with Crippen molar-refractivity contribution < 1.29 is 14.8 Å². The molecule has 0 fully saturated rings. The Hall–Kier alpha value is -0.385. The molecular formula is C9H20BNO3. The summed E-state index contributed by atoms with van der Waals surface area (Å²) in [5.74, 6) is -0.0540. The largest absolute Gasteiger partial charge is 0.469 e. The van der Waals surface area contributed by atoms with Crippen LogP contribution in [0.5, 0.6) is 0 Å². The highest BCUT2D eigenvalue weighted by molar-refractivity contribution is 6.43. The van der Waals surface area contributed by atoms with E-state index in [4.69, 9.17) is 10.0 Å². The van der Waals surface area contributed by atoms with Gasteiger partial charge in [-0.05, 0) is 12.3 Å². The van der Waals surface area contributed by atoms with Crippen molar-refractivity contribution in [2.24, 2.45) is 11.8 Å². The van der Waals surface area contributed by atoms with Gasteiger partial charge in [0.2, 0.25) is 0 Å². The Balaban J connectivity index is 3.90. The van der Waals surface area contributed by atoms with E-state index in [1.165, 1.54) is 0 Å². The molecule has 5 heteroatoms. The Morgan fingerprint density at radius 1 is 1.36 bits per heavy atom. The Morgan fingerprint density at radius 3 is 2.29 bits per heavy atom. The standard InChI is InChI=1S/C9H20BNO3/c1-7(2)4-9(10(13)14)11-5-8(3)6-12/h6-9,11,13-14H,4-5H2,1-3H3. The second-order valence-corrected chi connectivity index (χ2v) is 4.17. The number of hydrogen-bond donors (Lipinski definition) is 3.